The quantitative estimate of drug-likeness (QED) is 0.832. The minimum absolute atomic E-state index is 0.185. The average molecular weight is 252 g/mol. The van der Waals surface area contributed by atoms with Crippen molar-refractivity contribution in [2.75, 3.05) is 7.05 Å². The van der Waals surface area contributed by atoms with Crippen LogP contribution < -0.4 is 0 Å². The van der Waals surface area contributed by atoms with Crippen LogP contribution >= 0.6 is 0 Å². The fraction of sp³-hybridized carbons (Fsp3) is 0.143. The molecule has 0 saturated carbocycles. The van der Waals surface area contributed by atoms with Crippen LogP contribution in [0.25, 0.3) is 0 Å². The summed E-state index contributed by atoms with van der Waals surface area (Å²) >= 11 is 0. The first-order chi connectivity index (χ1) is 9.20. The third-order valence-electron chi connectivity index (χ3n) is 2.59. The predicted molar refractivity (Wildman–Crippen MR) is 69.0 cm³/mol. The van der Waals surface area contributed by atoms with Crippen molar-refractivity contribution in [2.45, 2.75) is 6.54 Å². The second-order valence-corrected chi connectivity index (χ2v) is 4.06. The Balaban J connectivity index is 2.13. The van der Waals surface area contributed by atoms with Gasteiger partial charge in [-0.2, -0.15) is 5.26 Å². The van der Waals surface area contributed by atoms with Gasteiger partial charge < -0.3 is 4.90 Å². The van der Waals surface area contributed by atoms with Crippen molar-refractivity contribution >= 4 is 5.91 Å². The molecular weight excluding hydrogens is 240 g/mol. The average Bonchev–Trinajstić information content (AvgIpc) is 2.47. The molecule has 5 nitrogen and oxygen atoms in total. The normalized spacial score (nSPS) is 9.68. The van der Waals surface area contributed by atoms with E-state index in [1.807, 2.05) is 24.3 Å². The van der Waals surface area contributed by atoms with Crippen molar-refractivity contribution in [1.29, 1.82) is 5.26 Å². The summed E-state index contributed by atoms with van der Waals surface area (Å²) < 4.78 is 0. The van der Waals surface area contributed by atoms with Gasteiger partial charge in [-0.15, -0.1) is 0 Å². The van der Waals surface area contributed by atoms with Crippen molar-refractivity contribution in [3.05, 3.63) is 59.7 Å². The molecule has 94 valence electrons. The first-order valence-corrected chi connectivity index (χ1v) is 5.71. The fourth-order valence-corrected chi connectivity index (χ4v) is 1.64. The van der Waals surface area contributed by atoms with Crippen LogP contribution in [0.4, 0.5) is 0 Å². The Morgan fingerprint density at radius 3 is 2.95 bits per heavy atom. The number of hydrogen-bond acceptors (Lipinski definition) is 4. The number of carbonyl (C=O) groups is 1. The van der Waals surface area contributed by atoms with E-state index in [9.17, 15) is 4.79 Å². The molecule has 0 radical (unpaired) electrons. The first kappa shape index (κ1) is 12.7. The number of carbonyl (C=O) groups excluding carboxylic acids is 1. The topological polar surface area (TPSA) is 69.9 Å². The fourth-order valence-electron chi connectivity index (χ4n) is 1.64. The molecule has 5 heteroatoms. The zero-order valence-corrected chi connectivity index (χ0v) is 10.4. The van der Waals surface area contributed by atoms with E-state index < -0.39 is 0 Å². The van der Waals surface area contributed by atoms with Crippen molar-refractivity contribution in [3.63, 3.8) is 0 Å². The highest BCUT2D eigenvalue weighted by Crippen LogP contribution is 2.07. The van der Waals surface area contributed by atoms with Gasteiger partial charge in [0, 0.05) is 25.6 Å². The molecule has 0 saturated heterocycles. The number of pyridine rings is 2. The summed E-state index contributed by atoms with van der Waals surface area (Å²) in [5, 5.41) is 8.79. The van der Waals surface area contributed by atoms with Gasteiger partial charge in [0.05, 0.1) is 23.4 Å². The molecule has 2 rings (SSSR count). The molecule has 2 aromatic rings. The Hall–Kier alpha value is -2.74. The van der Waals surface area contributed by atoms with Crippen molar-refractivity contribution < 1.29 is 4.79 Å². The summed E-state index contributed by atoms with van der Waals surface area (Å²) in [6, 6.07) is 9.05. The molecule has 19 heavy (non-hydrogen) atoms. The monoisotopic (exact) mass is 252 g/mol. The Bertz CT molecular complexity index is 619. The number of nitriles is 1. The van der Waals surface area contributed by atoms with E-state index in [2.05, 4.69) is 9.97 Å². The van der Waals surface area contributed by atoms with E-state index in [0.29, 0.717) is 17.7 Å². The second kappa shape index (κ2) is 5.74. The Morgan fingerprint density at radius 1 is 1.42 bits per heavy atom. The third-order valence-corrected chi connectivity index (χ3v) is 2.59. The summed E-state index contributed by atoms with van der Waals surface area (Å²) in [6.45, 7) is 0.413. The number of nitrogens with zero attached hydrogens (tertiary/aromatic N) is 4. The molecule has 0 unspecified atom stereocenters. The van der Waals surface area contributed by atoms with Gasteiger partial charge in [-0.25, -0.2) is 0 Å². The first-order valence-electron chi connectivity index (χ1n) is 5.71. The van der Waals surface area contributed by atoms with Gasteiger partial charge in [-0.3, -0.25) is 14.8 Å². The van der Waals surface area contributed by atoms with E-state index in [0.717, 1.165) is 5.69 Å². The molecule has 0 bridgehead atoms. The van der Waals surface area contributed by atoms with Gasteiger partial charge in [-0.1, -0.05) is 6.07 Å². The van der Waals surface area contributed by atoms with E-state index in [1.54, 1.807) is 18.1 Å². The molecule has 0 fully saturated rings. The van der Waals surface area contributed by atoms with E-state index in [4.69, 9.17) is 5.26 Å². The van der Waals surface area contributed by atoms with Crippen LogP contribution in [0.2, 0.25) is 0 Å². The summed E-state index contributed by atoms with van der Waals surface area (Å²) in [4.78, 5) is 21.8. The minimum Gasteiger partial charge on any atom is -0.336 e. The molecule has 0 spiro atoms. The summed E-state index contributed by atoms with van der Waals surface area (Å²) in [7, 11) is 1.69. The zero-order valence-electron chi connectivity index (χ0n) is 10.4. The molecular formula is C14H12N4O. The Morgan fingerprint density at radius 2 is 2.26 bits per heavy atom. The lowest BCUT2D eigenvalue weighted by Crippen LogP contribution is -2.26. The van der Waals surface area contributed by atoms with Crippen molar-refractivity contribution in [1.82, 2.24) is 14.9 Å². The van der Waals surface area contributed by atoms with Crippen molar-refractivity contribution in [2.24, 2.45) is 0 Å². The lowest BCUT2D eigenvalue weighted by atomic mass is 10.2. The minimum atomic E-state index is -0.185. The highest BCUT2D eigenvalue weighted by atomic mass is 16.2. The van der Waals surface area contributed by atoms with Crippen LogP contribution in [0.15, 0.2) is 42.9 Å². The molecule has 1 amide bonds. The van der Waals surface area contributed by atoms with Gasteiger partial charge >= 0.3 is 0 Å². The van der Waals surface area contributed by atoms with E-state index in [-0.39, 0.29) is 5.91 Å². The second-order valence-electron chi connectivity index (χ2n) is 4.06. The maximum Gasteiger partial charge on any atom is 0.255 e. The SMILES string of the molecule is CN(Cc1ccccn1)C(=O)c1cncc(C#N)c1. The molecule has 0 aliphatic heterocycles. The maximum absolute atomic E-state index is 12.2. The Labute approximate surface area is 111 Å². The van der Waals surface area contributed by atoms with Gasteiger partial charge in [0.1, 0.15) is 6.07 Å². The number of rotatable bonds is 3. The lowest BCUT2D eigenvalue weighted by molar-refractivity contribution is 0.0783. The smallest absolute Gasteiger partial charge is 0.255 e. The number of hydrogen-bond donors (Lipinski definition) is 0. The van der Waals surface area contributed by atoms with E-state index in [1.165, 1.54) is 18.5 Å². The summed E-state index contributed by atoms with van der Waals surface area (Å²) in [5.74, 6) is -0.185. The van der Waals surface area contributed by atoms with E-state index >= 15 is 0 Å². The highest BCUT2D eigenvalue weighted by Gasteiger charge is 2.13. The molecule has 0 aromatic carbocycles. The summed E-state index contributed by atoms with van der Waals surface area (Å²) in [6.07, 6.45) is 4.57. The van der Waals surface area contributed by atoms with Crippen LogP contribution in [-0.4, -0.2) is 27.8 Å². The number of aromatic nitrogens is 2. The standard InChI is InChI=1S/C14H12N4O/c1-18(10-13-4-2-3-5-17-13)14(19)12-6-11(7-15)8-16-9-12/h2-6,8-9H,10H2,1H3. The molecule has 2 heterocycles. The number of amides is 1. The van der Waals surface area contributed by atoms with Crippen LogP contribution in [-0.2, 0) is 6.54 Å². The maximum atomic E-state index is 12.2. The van der Waals surface area contributed by atoms with Gasteiger partial charge in [0.2, 0.25) is 0 Å². The molecule has 0 aliphatic rings. The third kappa shape index (κ3) is 3.13. The van der Waals surface area contributed by atoms with Gasteiger partial charge in [0.15, 0.2) is 0 Å². The van der Waals surface area contributed by atoms with Gasteiger partial charge in [0.25, 0.3) is 5.91 Å². The van der Waals surface area contributed by atoms with Crippen molar-refractivity contribution in [3.8, 4) is 6.07 Å². The molecule has 0 atom stereocenters. The molecule has 2 aromatic heterocycles. The van der Waals surface area contributed by atoms with Gasteiger partial charge in [-0.05, 0) is 18.2 Å². The Kier molecular flexibility index (Phi) is 3.84. The van der Waals surface area contributed by atoms with Crippen LogP contribution in [0.5, 0.6) is 0 Å². The summed E-state index contributed by atoms with van der Waals surface area (Å²) in [5.41, 5.74) is 1.58. The molecule has 0 N–H and O–H groups in total. The predicted octanol–water partition coefficient (Wildman–Crippen LogP) is 1.62. The largest absolute Gasteiger partial charge is 0.336 e. The molecule has 0 aliphatic carbocycles. The van der Waals surface area contributed by atoms with Crippen LogP contribution in [0.3, 0.4) is 0 Å². The highest BCUT2D eigenvalue weighted by molar-refractivity contribution is 5.94. The van der Waals surface area contributed by atoms with Crippen LogP contribution in [0.1, 0.15) is 21.6 Å². The zero-order chi connectivity index (χ0) is 13.7. The van der Waals surface area contributed by atoms with Crippen LogP contribution in [0, 0.1) is 11.3 Å². The lowest BCUT2D eigenvalue weighted by Gasteiger charge is -2.16.